The van der Waals surface area contributed by atoms with E-state index in [2.05, 4.69) is 15.8 Å². The van der Waals surface area contributed by atoms with Crippen molar-refractivity contribution in [3.05, 3.63) is 89.2 Å². The van der Waals surface area contributed by atoms with E-state index in [4.69, 9.17) is 9.47 Å². The summed E-state index contributed by atoms with van der Waals surface area (Å²) in [7, 11) is 0. The molecule has 0 unspecified atom stereocenters. The van der Waals surface area contributed by atoms with Crippen LogP contribution in [0, 0.1) is 12.7 Å². The van der Waals surface area contributed by atoms with Gasteiger partial charge in [0.1, 0.15) is 5.82 Å². The van der Waals surface area contributed by atoms with Gasteiger partial charge in [0.25, 0.3) is 11.8 Å². The van der Waals surface area contributed by atoms with Crippen LogP contribution in [0.5, 0.6) is 11.5 Å². The van der Waals surface area contributed by atoms with E-state index in [1.807, 2.05) is 38.1 Å². The van der Waals surface area contributed by atoms with Gasteiger partial charge in [-0.05, 0) is 67.4 Å². The van der Waals surface area contributed by atoms with Crippen LogP contribution in [-0.4, -0.2) is 31.2 Å². The van der Waals surface area contributed by atoms with Crippen molar-refractivity contribution in [2.45, 2.75) is 13.8 Å². The Balaban J connectivity index is 1.61. The Kier molecular flexibility index (Phi) is 8.13. The highest BCUT2D eigenvalue weighted by Crippen LogP contribution is 2.28. The summed E-state index contributed by atoms with van der Waals surface area (Å²) in [6.45, 7) is 3.94. The first-order chi connectivity index (χ1) is 16.0. The van der Waals surface area contributed by atoms with E-state index in [-0.39, 0.29) is 18.1 Å². The van der Waals surface area contributed by atoms with Gasteiger partial charge >= 0.3 is 0 Å². The average Bonchev–Trinajstić information content (AvgIpc) is 2.80. The number of hydrogen-bond donors (Lipinski definition) is 2. The van der Waals surface area contributed by atoms with Crippen molar-refractivity contribution in [3.63, 3.8) is 0 Å². The normalized spacial score (nSPS) is 10.6. The SMILES string of the molecule is CCOc1cc(/C=N\NC(=O)c2cccc(F)c2)ccc1OCC(=O)Nc1ccccc1C. The van der Waals surface area contributed by atoms with Gasteiger partial charge in [-0.3, -0.25) is 9.59 Å². The summed E-state index contributed by atoms with van der Waals surface area (Å²) < 4.78 is 24.5. The fraction of sp³-hybridized carbons (Fsp3) is 0.160. The van der Waals surface area contributed by atoms with E-state index in [0.717, 1.165) is 17.3 Å². The number of rotatable bonds is 9. The lowest BCUT2D eigenvalue weighted by atomic mass is 10.2. The van der Waals surface area contributed by atoms with Gasteiger partial charge in [-0.2, -0.15) is 5.10 Å². The molecule has 33 heavy (non-hydrogen) atoms. The molecule has 0 spiro atoms. The van der Waals surface area contributed by atoms with Crippen molar-refractivity contribution in [2.24, 2.45) is 5.10 Å². The standard InChI is InChI=1S/C25H24FN3O4/c1-3-32-23-13-18(15-27-29-25(31)19-8-6-9-20(26)14-19)11-12-22(23)33-16-24(30)28-21-10-5-4-7-17(21)2/h4-15H,3,16H2,1-2H3,(H,28,30)(H,29,31)/b27-15-. The number of nitrogens with one attached hydrogen (secondary N) is 2. The van der Waals surface area contributed by atoms with Gasteiger partial charge in [0.05, 0.1) is 12.8 Å². The van der Waals surface area contributed by atoms with Crippen LogP contribution in [0.15, 0.2) is 71.8 Å². The Hall–Kier alpha value is -4.20. The smallest absolute Gasteiger partial charge is 0.271 e. The lowest BCUT2D eigenvalue weighted by Crippen LogP contribution is -2.20. The highest BCUT2D eigenvalue weighted by molar-refractivity contribution is 5.95. The van der Waals surface area contributed by atoms with E-state index in [1.165, 1.54) is 24.4 Å². The van der Waals surface area contributed by atoms with Crippen molar-refractivity contribution in [3.8, 4) is 11.5 Å². The zero-order valence-corrected chi connectivity index (χ0v) is 18.3. The van der Waals surface area contributed by atoms with E-state index in [9.17, 15) is 14.0 Å². The highest BCUT2D eigenvalue weighted by Gasteiger charge is 2.10. The summed E-state index contributed by atoms with van der Waals surface area (Å²) in [6, 6.07) is 17.8. The molecule has 0 saturated carbocycles. The number of benzene rings is 3. The van der Waals surface area contributed by atoms with Gasteiger partial charge in [-0.15, -0.1) is 0 Å². The molecule has 170 valence electrons. The molecule has 7 nitrogen and oxygen atoms in total. The molecule has 0 saturated heterocycles. The minimum atomic E-state index is -0.532. The van der Waals surface area contributed by atoms with Gasteiger partial charge in [-0.1, -0.05) is 24.3 Å². The molecule has 0 radical (unpaired) electrons. The fourth-order valence-electron chi connectivity index (χ4n) is 2.89. The van der Waals surface area contributed by atoms with Crippen LogP contribution in [0.4, 0.5) is 10.1 Å². The van der Waals surface area contributed by atoms with Gasteiger partial charge in [0.15, 0.2) is 18.1 Å². The van der Waals surface area contributed by atoms with Crippen molar-refractivity contribution < 1.29 is 23.5 Å². The van der Waals surface area contributed by atoms with Crippen LogP contribution in [0.1, 0.15) is 28.4 Å². The molecule has 0 aromatic heterocycles. The third kappa shape index (κ3) is 6.90. The topological polar surface area (TPSA) is 89.0 Å². The lowest BCUT2D eigenvalue weighted by Gasteiger charge is -2.13. The van der Waals surface area contributed by atoms with Crippen molar-refractivity contribution in [2.75, 3.05) is 18.5 Å². The number of ether oxygens (including phenoxy) is 2. The first kappa shape index (κ1) is 23.5. The second-order valence-electron chi connectivity index (χ2n) is 7.00. The minimum Gasteiger partial charge on any atom is -0.490 e. The quantitative estimate of drug-likeness (QED) is 0.376. The number of carbonyl (C=O) groups excluding carboxylic acids is 2. The Morgan fingerprint density at radius 1 is 1.00 bits per heavy atom. The number of amides is 2. The molecule has 0 aliphatic heterocycles. The van der Waals surface area contributed by atoms with Crippen LogP contribution < -0.4 is 20.2 Å². The zero-order chi connectivity index (χ0) is 23.6. The van der Waals surface area contributed by atoms with E-state index < -0.39 is 11.7 Å². The second kappa shape index (κ2) is 11.4. The molecule has 0 atom stereocenters. The number of hydrazone groups is 1. The summed E-state index contributed by atoms with van der Waals surface area (Å²) in [5.41, 5.74) is 4.82. The molecule has 0 heterocycles. The van der Waals surface area contributed by atoms with Crippen molar-refractivity contribution >= 4 is 23.7 Å². The zero-order valence-electron chi connectivity index (χ0n) is 18.3. The summed E-state index contributed by atoms with van der Waals surface area (Å²) in [5.74, 6) is -0.497. The van der Waals surface area contributed by atoms with Crippen LogP contribution >= 0.6 is 0 Å². The molecule has 3 rings (SSSR count). The number of halogens is 1. The van der Waals surface area contributed by atoms with Crippen LogP contribution in [0.2, 0.25) is 0 Å². The molecule has 0 bridgehead atoms. The molecule has 0 aliphatic rings. The number of hydrogen-bond acceptors (Lipinski definition) is 5. The maximum absolute atomic E-state index is 13.2. The van der Waals surface area contributed by atoms with Gasteiger partial charge < -0.3 is 14.8 Å². The third-order valence-corrected chi connectivity index (χ3v) is 4.51. The first-order valence-electron chi connectivity index (χ1n) is 10.3. The Morgan fingerprint density at radius 3 is 2.58 bits per heavy atom. The fourth-order valence-corrected chi connectivity index (χ4v) is 2.89. The highest BCUT2D eigenvalue weighted by atomic mass is 19.1. The summed E-state index contributed by atoms with van der Waals surface area (Å²) in [6.07, 6.45) is 1.42. The Morgan fingerprint density at radius 2 is 1.82 bits per heavy atom. The van der Waals surface area contributed by atoms with Crippen LogP contribution in [-0.2, 0) is 4.79 Å². The van der Waals surface area contributed by atoms with E-state index >= 15 is 0 Å². The number of carbonyl (C=O) groups is 2. The van der Waals surface area contributed by atoms with Gasteiger partial charge in [0.2, 0.25) is 0 Å². The van der Waals surface area contributed by atoms with Gasteiger partial charge in [-0.25, -0.2) is 9.82 Å². The van der Waals surface area contributed by atoms with E-state index in [1.54, 1.807) is 18.2 Å². The van der Waals surface area contributed by atoms with Crippen LogP contribution in [0.25, 0.3) is 0 Å². The molecule has 0 fully saturated rings. The Labute approximate surface area is 191 Å². The number of nitrogens with zero attached hydrogens (tertiary/aromatic N) is 1. The van der Waals surface area contributed by atoms with Crippen molar-refractivity contribution in [1.82, 2.24) is 5.43 Å². The van der Waals surface area contributed by atoms with E-state index in [0.29, 0.717) is 23.7 Å². The maximum Gasteiger partial charge on any atom is 0.271 e. The monoisotopic (exact) mass is 449 g/mol. The predicted octanol–water partition coefficient (Wildman–Crippen LogP) is 4.31. The minimum absolute atomic E-state index is 0.162. The van der Waals surface area contributed by atoms with Gasteiger partial charge in [0, 0.05) is 11.3 Å². The average molecular weight is 449 g/mol. The number of aryl methyl sites for hydroxylation is 1. The molecule has 3 aromatic rings. The largest absolute Gasteiger partial charge is 0.490 e. The van der Waals surface area contributed by atoms with Crippen molar-refractivity contribution in [1.29, 1.82) is 0 Å². The number of para-hydroxylation sites is 1. The Bertz CT molecular complexity index is 1160. The summed E-state index contributed by atoms with van der Waals surface area (Å²) in [4.78, 5) is 24.3. The molecule has 8 heteroatoms. The molecular formula is C25H24FN3O4. The predicted molar refractivity (Wildman–Crippen MR) is 124 cm³/mol. The summed E-state index contributed by atoms with van der Waals surface area (Å²) in [5, 5.41) is 6.71. The molecule has 3 aromatic carbocycles. The second-order valence-corrected chi connectivity index (χ2v) is 7.00. The molecular weight excluding hydrogens is 425 g/mol. The van der Waals surface area contributed by atoms with Crippen LogP contribution in [0.3, 0.4) is 0 Å². The lowest BCUT2D eigenvalue weighted by molar-refractivity contribution is -0.118. The maximum atomic E-state index is 13.2. The summed E-state index contributed by atoms with van der Waals surface area (Å²) >= 11 is 0. The molecule has 2 N–H and O–H groups in total. The first-order valence-corrected chi connectivity index (χ1v) is 10.3. The molecule has 0 aliphatic carbocycles. The third-order valence-electron chi connectivity index (χ3n) is 4.51. The molecule has 2 amide bonds. The number of anilines is 1.